The van der Waals surface area contributed by atoms with Gasteiger partial charge in [0, 0.05) is 6.42 Å². The first-order valence-corrected chi connectivity index (χ1v) is 15.4. The molecule has 3 aromatic rings. The van der Waals surface area contributed by atoms with Crippen LogP contribution >= 0.6 is 0 Å². The summed E-state index contributed by atoms with van der Waals surface area (Å²) in [4.78, 5) is 25.1. The normalized spacial score (nSPS) is 13.4. The molecule has 0 heterocycles. The van der Waals surface area contributed by atoms with Crippen molar-refractivity contribution in [2.75, 3.05) is 7.11 Å². The molecule has 3 N–H and O–H groups in total. The lowest BCUT2D eigenvalue weighted by Gasteiger charge is -2.43. The van der Waals surface area contributed by atoms with Crippen molar-refractivity contribution < 1.29 is 18.8 Å². The van der Waals surface area contributed by atoms with Gasteiger partial charge in [-0.25, -0.2) is 4.79 Å². The zero-order chi connectivity index (χ0) is 28.6. The SMILES string of the molecule is COC(=O)[C@H](Cc1ccc(O[Si](c2ccccc2)(c2ccccc2)C(C)(C)C)cc1)NC(=O)[C@@H](N)CC(C)C. The number of ether oxygens (including phenoxy) is 1. The van der Waals surface area contributed by atoms with Gasteiger partial charge in [-0.3, -0.25) is 4.79 Å². The van der Waals surface area contributed by atoms with Crippen LogP contribution in [0.5, 0.6) is 5.75 Å². The van der Waals surface area contributed by atoms with Gasteiger partial charge in [-0.2, -0.15) is 0 Å². The fraction of sp³-hybridized carbons (Fsp3) is 0.375. The van der Waals surface area contributed by atoms with Crippen molar-refractivity contribution in [1.82, 2.24) is 5.32 Å². The molecule has 0 aliphatic heterocycles. The van der Waals surface area contributed by atoms with Crippen molar-refractivity contribution in [3.05, 3.63) is 90.5 Å². The molecule has 0 fully saturated rings. The third-order valence-electron chi connectivity index (χ3n) is 6.92. The Morgan fingerprint density at radius 1 is 0.872 bits per heavy atom. The van der Waals surface area contributed by atoms with Gasteiger partial charge in [-0.05, 0) is 45.4 Å². The van der Waals surface area contributed by atoms with Crippen LogP contribution in [0.1, 0.15) is 46.6 Å². The van der Waals surface area contributed by atoms with Gasteiger partial charge in [-0.15, -0.1) is 0 Å². The van der Waals surface area contributed by atoms with Crippen molar-refractivity contribution in [3.8, 4) is 5.75 Å². The molecule has 0 unspecified atom stereocenters. The molecule has 2 atom stereocenters. The van der Waals surface area contributed by atoms with Gasteiger partial charge in [0.05, 0.1) is 13.2 Å². The van der Waals surface area contributed by atoms with E-state index in [-0.39, 0.29) is 23.3 Å². The van der Waals surface area contributed by atoms with Crippen LogP contribution in [0.15, 0.2) is 84.9 Å². The monoisotopic (exact) mass is 546 g/mol. The van der Waals surface area contributed by atoms with E-state index in [1.165, 1.54) is 17.5 Å². The van der Waals surface area contributed by atoms with Crippen LogP contribution in [0.2, 0.25) is 5.04 Å². The molecule has 39 heavy (non-hydrogen) atoms. The standard InChI is InChI=1S/C32H42N2O4Si/c1-23(2)21-28(33)30(35)34-29(31(36)37-6)22-24-17-19-25(20-18-24)38-39(32(3,4)5,26-13-9-7-10-14-26)27-15-11-8-12-16-27/h7-20,23,28-29H,21-22,33H2,1-6H3,(H,34,35)/t28-,29-/m0/s1. The van der Waals surface area contributed by atoms with Crippen LogP contribution in [0.4, 0.5) is 0 Å². The Hall–Kier alpha value is -3.42. The third kappa shape index (κ3) is 7.37. The van der Waals surface area contributed by atoms with Gasteiger partial charge >= 0.3 is 14.3 Å². The van der Waals surface area contributed by atoms with E-state index in [1.54, 1.807) is 0 Å². The number of esters is 1. The topological polar surface area (TPSA) is 90.6 Å². The smallest absolute Gasteiger partial charge is 0.328 e. The summed E-state index contributed by atoms with van der Waals surface area (Å²) in [5.74, 6) is 0.162. The first-order valence-electron chi connectivity index (χ1n) is 13.5. The number of benzene rings is 3. The third-order valence-corrected chi connectivity index (χ3v) is 11.9. The number of carbonyl (C=O) groups excluding carboxylic acids is 2. The molecule has 0 aromatic heterocycles. The Morgan fingerprint density at radius 2 is 1.38 bits per heavy atom. The van der Waals surface area contributed by atoms with Gasteiger partial charge in [0.25, 0.3) is 0 Å². The minimum Gasteiger partial charge on any atom is -0.534 e. The fourth-order valence-corrected chi connectivity index (χ4v) is 9.41. The summed E-state index contributed by atoms with van der Waals surface area (Å²) in [5.41, 5.74) is 6.91. The van der Waals surface area contributed by atoms with E-state index in [0.29, 0.717) is 6.42 Å². The number of hydrogen-bond donors (Lipinski definition) is 2. The van der Waals surface area contributed by atoms with E-state index in [2.05, 4.69) is 74.6 Å². The molecule has 0 radical (unpaired) electrons. The van der Waals surface area contributed by atoms with Crippen molar-refractivity contribution in [2.24, 2.45) is 11.7 Å². The van der Waals surface area contributed by atoms with Crippen LogP contribution in [0.3, 0.4) is 0 Å². The number of hydrogen-bond acceptors (Lipinski definition) is 5. The molecule has 0 bridgehead atoms. The Bertz CT molecular complexity index is 1170. The summed E-state index contributed by atoms with van der Waals surface area (Å²) in [5, 5.41) is 5.00. The van der Waals surface area contributed by atoms with E-state index < -0.39 is 26.4 Å². The molecule has 208 valence electrons. The minimum atomic E-state index is -2.76. The molecule has 0 spiro atoms. The predicted octanol–water partition coefficient (Wildman–Crippen LogP) is 4.20. The molecule has 0 aliphatic rings. The number of nitrogens with two attached hydrogens (primary N) is 1. The van der Waals surface area contributed by atoms with Gasteiger partial charge < -0.3 is 20.2 Å². The lowest BCUT2D eigenvalue weighted by atomic mass is 10.0. The Kier molecular flexibility index (Phi) is 10.1. The number of amides is 1. The highest BCUT2D eigenvalue weighted by atomic mass is 28.4. The van der Waals surface area contributed by atoms with Crippen molar-refractivity contribution in [3.63, 3.8) is 0 Å². The average molecular weight is 547 g/mol. The largest absolute Gasteiger partial charge is 0.534 e. The molecule has 6 nitrogen and oxygen atoms in total. The maximum Gasteiger partial charge on any atom is 0.328 e. The van der Waals surface area contributed by atoms with Gasteiger partial charge in [-0.1, -0.05) is 107 Å². The van der Waals surface area contributed by atoms with E-state index in [0.717, 1.165) is 11.3 Å². The minimum absolute atomic E-state index is 0.163. The van der Waals surface area contributed by atoms with Gasteiger partial charge in [0.15, 0.2) is 0 Å². The molecule has 0 saturated carbocycles. The highest BCUT2D eigenvalue weighted by Crippen LogP contribution is 2.37. The van der Waals surface area contributed by atoms with Crippen molar-refractivity contribution in [2.45, 2.75) is 64.6 Å². The lowest BCUT2D eigenvalue weighted by Crippen LogP contribution is -2.68. The predicted molar refractivity (Wildman–Crippen MR) is 160 cm³/mol. The average Bonchev–Trinajstić information content (AvgIpc) is 2.91. The number of methoxy groups -OCH3 is 1. The summed E-state index contributed by atoms with van der Waals surface area (Å²) in [7, 11) is -1.44. The van der Waals surface area contributed by atoms with Gasteiger partial charge in [0.1, 0.15) is 11.8 Å². The Morgan fingerprint density at radius 3 is 1.82 bits per heavy atom. The van der Waals surface area contributed by atoms with Crippen LogP contribution in [-0.4, -0.2) is 39.4 Å². The van der Waals surface area contributed by atoms with Crippen LogP contribution in [0.25, 0.3) is 0 Å². The summed E-state index contributed by atoms with van der Waals surface area (Å²) < 4.78 is 12.0. The van der Waals surface area contributed by atoms with E-state index in [4.69, 9.17) is 14.9 Å². The van der Waals surface area contributed by atoms with E-state index >= 15 is 0 Å². The molecule has 7 heteroatoms. The molecular formula is C32H42N2O4Si. The molecule has 3 rings (SSSR count). The zero-order valence-electron chi connectivity index (χ0n) is 23.9. The number of nitrogens with one attached hydrogen (secondary N) is 1. The first kappa shape index (κ1) is 30.1. The quantitative estimate of drug-likeness (QED) is 0.278. The fourth-order valence-electron chi connectivity index (χ4n) is 4.98. The highest BCUT2D eigenvalue weighted by molar-refractivity contribution is 7.00. The second kappa shape index (κ2) is 13.1. The number of carbonyl (C=O) groups is 2. The molecule has 0 saturated heterocycles. The second-order valence-electron chi connectivity index (χ2n) is 11.4. The summed E-state index contributed by atoms with van der Waals surface area (Å²) >= 11 is 0. The van der Waals surface area contributed by atoms with Gasteiger partial charge in [0.2, 0.25) is 5.91 Å². The summed E-state index contributed by atoms with van der Waals surface area (Å²) in [6.45, 7) is 10.7. The van der Waals surface area contributed by atoms with E-state index in [9.17, 15) is 9.59 Å². The highest BCUT2D eigenvalue weighted by Gasteiger charge is 2.52. The maximum atomic E-state index is 12.6. The summed E-state index contributed by atoms with van der Waals surface area (Å²) in [6.07, 6.45) is 0.820. The number of rotatable bonds is 11. The molecule has 1 amide bonds. The van der Waals surface area contributed by atoms with Crippen LogP contribution in [0, 0.1) is 5.92 Å². The Labute approximate surface area is 234 Å². The zero-order valence-corrected chi connectivity index (χ0v) is 24.9. The Balaban J connectivity index is 1.89. The van der Waals surface area contributed by atoms with E-state index in [1.807, 2.05) is 50.2 Å². The molecule has 0 aliphatic carbocycles. The van der Waals surface area contributed by atoms with Crippen molar-refractivity contribution >= 4 is 30.6 Å². The summed E-state index contributed by atoms with van der Waals surface area (Å²) in [6, 6.07) is 27.2. The maximum absolute atomic E-state index is 12.6. The van der Waals surface area contributed by atoms with Crippen LogP contribution < -0.4 is 25.8 Å². The van der Waals surface area contributed by atoms with Crippen molar-refractivity contribution in [1.29, 1.82) is 0 Å². The first-order chi connectivity index (χ1) is 18.5. The second-order valence-corrected chi connectivity index (χ2v) is 15.7. The molecular weight excluding hydrogens is 504 g/mol. The molecule has 3 aromatic carbocycles. The lowest BCUT2D eigenvalue weighted by molar-refractivity contribution is -0.145. The van der Waals surface area contributed by atoms with Crippen LogP contribution in [-0.2, 0) is 20.7 Å².